The smallest absolute Gasteiger partial charge is 0.171 e. The second-order valence-electron chi connectivity index (χ2n) is 3.75. The maximum atomic E-state index is 12.0. The number of allylic oxidation sites excluding steroid dienone is 2. The van der Waals surface area contributed by atoms with Crippen LogP contribution in [0.1, 0.15) is 39.0 Å². The summed E-state index contributed by atoms with van der Waals surface area (Å²) in [6.07, 6.45) is 1.29. The first kappa shape index (κ1) is 10.6. The third kappa shape index (κ3) is 3.83. The summed E-state index contributed by atoms with van der Waals surface area (Å²) < 4.78 is 36.1. The number of hydrogen-bond acceptors (Lipinski definition) is 0. The number of alkyl halides is 3. The molecule has 0 saturated heterocycles. The highest BCUT2D eigenvalue weighted by Crippen LogP contribution is 2.32. The zero-order valence-corrected chi connectivity index (χ0v) is 7.82. The monoisotopic (exact) mass is 192 g/mol. The van der Waals surface area contributed by atoms with Gasteiger partial charge in [-0.3, -0.25) is 0 Å². The molecule has 0 aromatic heterocycles. The van der Waals surface area contributed by atoms with Crippen LogP contribution in [0.25, 0.3) is 0 Å². The molecule has 0 saturated carbocycles. The van der Waals surface area contributed by atoms with Gasteiger partial charge in [0.05, 0.1) is 0 Å². The average Bonchev–Trinajstić information content (AvgIpc) is 2.03. The van der Waals surface area contributed by atoms with Crippen molar-refractivity contribution in [1.82, 2.24) is 0 Å². The summed E-state index contributed by atoms with van der Waals surface area (Å²) in [5.41, 5.74) is 1.00. The van der Waals surface area contributed by atoms with Crippen LogP contribution < -0.4 is 0 Å². The largest absolute Gasteiger partial charge is 0.389 e. The van der Waals surface area contributed by atoms with E-state index < -0.39 is 12.6 Å². The van der Waals surface area contributed by atoms with Crippen LogP contribution in [0.15, 0.2) is 11.6 Å². The number of rotatable bonds is 2. The molecule has 1 aliphatic rings. The van der Waals surface area contributed by atoms with Crippen molar-refractivity contribution < 1.29 is 13.2 Å². The van der Waals surface area contributed by atoms with Crippen molar-refractivity contribution in [2.24, 2.45) is 5.92 Å². The summed E-state index contributed by atoms with van der Waals surface area (Å²) >= 11 is 0. The van der Waals surface area contributed by atoms with Gasteiger partial charge in [0.1, 0.15) is 0 Å². The van der Waals surface area contributed by atoms with E-state index in [4.69, 9.17) is 0 Å². The van der Waals surface area contributed by atoms with Crippen molar-refractivity contribution in [3.63, 3.8) is 0 Å². The Morgan fingerprint density at radius 3 is 2.54 bits per heavy atom. The van der Waals surface area contributed by atoms with Gasteiger partial charge < -0.3 is 0 Å². The van der Waals surface area contributed by atoms with E-state index in [9.17, 15) is 13.2 Å². The summed E-state index contributed by atoms with van der Waals surface area (Å²) in [6.45, 7) is 1.67. The van der Waals surface area contributed by atoms with Crippen LogP contribution in [-0.4, -0.2) is 6.18 Å². The minimum atomic E-state index is -4.02. The van der Waals surface area contributed by atoms with E-state index in [1.807, 2.05) is 6.08 Å². The lowest BCUT2D eigenvalue weighted by atomic mass is 9.88. The maximum Gasteiger partial charge on any atom is 0.389 e. The fourth-order valence-electron chi connectivity index (χ4n) is 1.79. The van der Waals surface area contributed by atoms with Crippen molar-refractivity contribution in [3.8, 4) is 0 Å². The Morgan fingerprint density at radius 2 is 2.08 bits per heavy atom. The molecular formula is C10H15F3. The second kappa shape index (κ2) is 4.16. The van der Waals surface area contributed by atoms with E-state index in [2.05, 4.69) is 0 Å². The van der Waals surface area contributed by atoms with Crippen LogP contribution >= 0.6 is 0 Å². The Labute approximate surface area is 76.8 Å². The molecule has 1 rings (SSSR count). The van der Waals surface area contributed by atoms with E-state index in [-0.39, 0.29) is 5.92 Å². The quantitative estimate of drug-likeness (QED) is 0.578. The van der Waals surface area contributed by atoms with Gasteiger partial charge in [0.2, 0.25) is 0 Å². The number of hydrogen-bond donors (Lipinski definition) is 0. The van der Waals surface area contributed by atoms with E-state index in [0.717, 1.165) is 31.3 Å². The topological polar surface area (TPSA) is 0 Å². The zero-order valence-electron chi connectivity index (χ0n) is 7.82. The van der Waals surface area contributed by atoms with Gasteiger partial charge in [-0.2, -0.15) is 13.2 Å². The third-order valence-electron chi connectivity index (χ3n) is 2.50. The SMILES string of the molecule is C[C@@H](CC(F)(F)F)C1=CCCCC1. The van der Waals surface area contributed by atoms with E-state index >= 15 is 0 Å². The summed E-state index contributed by atoms with van der Waals surface area (Å²) in [7, 11) is 0. The van der Waals surface area contributed by atoms with Crippen LogP contribution in [0.5, 0.6) is 0 Å². The molecule has 0 nitrogen and oxygen atoms in total. The summed E-state index contributed by atoms with van der Waals surface area (Å²) in [4.78, 5) is 0. The van der Waals surface area contributed by atoms with Gasteiger partial charge in [-0.15, -0.1) is 0 Å². The Kier molecular flexibility index (Phi) is 3.40. The van der Waals surface area contributed by atoms with Crippen LogP contribution in [0, 0.1) is 5.92 Å². The Balaban J connectivity index is 2.47. The molecule has 0 radical (unpaired) electrons. The van der Waals surface area contributed by atoms with Crippen molar-refractivity contribution in [1.29, 1.82) is 0 Å². The summed E-state index contributed by atoms with van der Waals surface area (Å²) in [5, 5.41) is 0. The molecular weight excluding hydrogens is 177 g/mol. The van der Waals surface area contributed by atoms with Crippen molar-refractivity contribution in [2.45, 2.75) is 45.2 Å². The van der Waals surface area contributed by atoms with Crippen LogP contribution in [0.3, 0.4) is 0 Å². The molecule has 3 heteroatoms. The highest BCUT2D eigenvalue weighted by atomic mass is 19.4. The summed E-state index contributed by atoms with van der Waals surface area (Å²) in [6, 6.07) is 0. The molecule has 0 amide bonds. The highest BCUT2D eigenvalue weighted by Gasteiger charge is 2.31. The van der Waals surface area contributed by atoms with E-state index in [1.165, 1.54) is 0 Å². The lowest BCUT2D eigenvalue weighted by Crippen LogP contribution is -2.15. The molecule has 76 valence electrons. The van der Waals surface area contributed by atoms with Crippen LogP contribution in [-0.2, 0) is 0 Å². The molecule has 0 unspecified atom stereocenters. The van der Waals surface area contributed by atoms with Crippen LogP contribution in [0.4, 0.5) is 13.2 Å². The third-order valence-corrected chi connectivity index (χ3v) is 2.50. The van der Waals surface area contributed by atoms with Gasteiger partial charge >= 0.3 is 6.18 Å². The molecule has 0 fully saturated rings. The summed E-state index contributed by atoms with van der Waals surface area (Å²) in [5.74, 6) is -0.319. The predicted octanol–water partition coefficient (Wildman–Crippen LogP) is 4.08. The van der Waals surface area contributed by atoms with E-state index in [0.29, 0.717) is 0 Å². The van der Waals surface area contributed by atoms with Gasteiger partial charge in [0.15, 0.2) is 0 Å². The Morgan fingerprint density at radius 1 is 1.38 bits per heavy atom. The van der Waals surface area contributed by atoms with Crippen molar-refractivity contribution in [3.05, 3.63) is 11.6 Å². The Hall–Kier alpha value is -0.470. The molecule has 13 heavy (non-hydrogen) atoms. The van der Waals surface area contributed by atoms with E-state index in [1.54, 1.807) is 6.92 Å². The fourth-order valence-corrected chi connectivity index (χ4v) is 1.79. The normalized spacial score (nSPS) is 21.1. The molecule has 1 aliphatic carbocycles. The average molecular weight is 192 g/mol. The zero-order chi connectivity index (χ0) is 9.90. The van der Waals surface area contributed by atoms with Gasteiger partial charge in [0, 0.05) is 6.42 Å². The van der Waals surface area contributed by atoms with Crippen molar-refractivity contribution in [2.75, 3.05) is 0 Å². The second-order valence-corrected chi connectivity index (χ2v) is 3.75. The first-order chi connectivity index (χ1) is 5.99. The Bertz CT molecular complexity index is 191. The number of halogens is 3. The van der Waals surface area contributed by atoms with Gasteiger partial charge in [-0.05, 0) is 31.6 Å². The maximum absolute atomic E-state index is 12.0. The molecule has 0 bridgehead atoms. The standard InChI is InChI=1S/C10H15F3/c1-8(7-10(11,12)13)9-5-3-2-4-6-9/h5,8H,2-4,6-7H2,1H3/t8-/m0/s1. The van der Waals surface area contributed by atoms with Gasteiger partial charge in [0.25, 0.3) is 0 Å². The molecule has 0 heterocycles. The van der Waals surface area contributed by atoms with Crippen LogP contribution in [0.2, 0.25) is 0 Å². The molecule has 0 aromatic rings. The minimum absolute atomic E-state index is 0.319. The van der Waals surface area contributed by atoms with Gasteiger partial charge in [-0.1, -0.05) is 18.6 Å². The van der Waals surface area contributed by atoms with Crippen molar-refractivity contribution >= 4 is 0 Å². The molecule has 0 spiro atoms. The molecule has 0 aromatic carbocycles. The van der Waals surface area contributed by atoms with Gasteiger partial charge in [-0.25, -0.2) is 0 Å². The predicted molar refractivity (Wildman–Crippen MR) is 46.4 cm³/mol. The first-order valence-corrected chi connectivity index (χ1v) is 4.75. The molecule has 0 N–H and O–H groups in total. The molecule has 0 aliphatic heterocycles. The lowest BCUT2D eigenvalue weighted by molar-refractivity contribution is -0.140. The highest BCUT2D eigenvalue weighted by molar-refractivity contribution is 5.08. The minimum Gasteiger partial charge on any atom is -0.171 e. The lowest BCUT2D eigenvalue weighted by Gasteiger charge is -2.20. The first-order valence-electron chi connectivity index (χ1n) is 4.75. The molecule has 1 atom stereocenters. The fraction of sp³-hybridized carbons (Fsp3) is 0.800.